The maximum atomic E-state index is 15.0. The fourth-order valence-electron chi connectivity index (χ4n) is 15.8. The molecule has 0 aromatic rings. The Bertz CT molecular complexity index is 3020. The molecule has 41 heteroatoms. The van der Waals surface area contributed by atoms with Gasteiger partial charge in [0, 0.05) is 12.0 Å². The number of esters is 3. The molecule has 8 aliphatic heterocycles. The van der Waals surface area contributed by atoms with Crippen LogP contribution in [-0.2, 0) is 104 Å². The summed E-state index contributed by atoms with van der Waals surface area (Å²) in [7, 11) is 1.24. The van der Waals surface area contributed by atoms with Crippen LogP contribution < -0.4 is 0 Å². The van der Waals surface area contributed by atoms with Gasteiger partial charge in [-0.2, -0.15) is 0 Å². The zero-order chi connectivity index (χ0) is 87.7. The van der Waals surface area contributed by atoms with Crippen molar-refractivity contribution in [1.29, 1.82) is 0 Å². The van der Waals surface area contributed by atoms with Gasteiger partial charge in [0.05, 0.1) is 81.7 Å². The molecule has 8 fully saturated rings. The number of hydrogen-bond donors (Lipinski definition) is 19. The van der Waals surface area contributed by atoms with Crippen LogP contribution in [-0.4, -0.2) is 399 Å². The van der Waals surface area contributed by atoms with Crippen molar-refractivity contribution in [3.63, 3.8) is 0 Å². The molecule has 0 saturated carbocycles. The second-order valence-corrected chi connectivity index (χ2v) is 32.4. The molecule has 0 aromatic heterocycles. The molecule has 0 amide bonds. The fraction of sp³-hybridized carbons (Fsp3) is 0.936. The second-order valence-electron chi connectivity index (χ2n) is 32.4. The lowest BCUT2D eigenvalue weighted by atomic mass is 9.95. The minimum Gasteiger partial charge on any atom is -0.469 e. The van der Waals surface area contributed by atoms with Crippen molar-refractivity contribution in [3.8, 4) is 0 Å². The third-order valence-electron chi connectivity index (χ3n) is 23.3. The SMILES string of the molecule is C/C=C(\C)C(=O)O[C@H]1[C@H](O[C@@H]2O[C@@H](C)[C@H](O)[C@@H](O)[C@H]2O)[C@@H](O)[C@H](O[C@H]2[C@H](O[C@@H]3[C@@H](O[C@@H]4O[C@H](C)[C@@H](O)[C@H](O)[C@H]4O)[C@H](C)O[C@@H](O[C@H]4[C@H](O[C@H]5[C@H](O[C@@H](CCC)CCCCCCC[C@H](O)CC(=O)OC)O[C@H](C)[C@H](O)[C@@H]5O)O[C@H](CO)[C@@H](O)[C@@H]4O)[C@@H]3OC(=O)CCCCC[C@H](CCC)O[C@@H]3O[C@H](C)[C@@H](O)[C@H](O)[C@H]3O)O[C@H](CO)[C@@H](O)[C@@H]2O)O[C@@H]1C. The summed E-state index contributed by atoms with van der Waals surface area (Å²) in [5.74, 6) is -2.53. The molecule has 0 unspecified atom stereocenters. The number of aliphatic hydroxyl groups excluding tert-OH is 19. The van der Waals surface area contributed by atoms with E-state index in [1.807, 2.05) is 13.8 Å². The smallest absolute Gasteiger partial charge is 0.333 e. The number of aliphatic hydroxyl groups is 19. The van der Waals surface area contributed by atoms with E-state index < -0.39 is 302 Å². The predicted octanol–water partition coefficient (Wildman–Crippen LogP) is -4.26. The van der Waals surface area contributed by atoms with E-state index in [0.717, 1.165) is 19.3 Å². The molecular formula is C78H134O41. The van der Waals surface area contributed by atoms with Gasteiger partial charge in [-0.05, 0) is 93.9 Å². The van der Waals surface area contributed by atoms with E-state index in [1.54, 1.807) is 0 Å². The summed E-state index contributed by atoms with van der Waals surface area (Å²) in [4.78, 5) is 40.2. The molecule has 41 nitrogen and oxygen atoms in total. The van der Waals surface area contributed by atoms with Crippen molar-refractivity contribution in [2.75, 3.05) is 20.3 Å². The van der Waals surface area contributed by atoms with Crippen LogP contribution in [0.3, 0.4) is 0 Å². The molecule has 8 aliphatic rings. The highest BCUT2D eigenvalue weighted by Crippen LogP contribution is 2.42. The van der Waals surface area contributed by atoms with E-state index in [9.17, 15) is 107 Å². The van der Waals surface area contributed by atoms with E-state index in [1.165, 1.54) is 68.6 Å². The molecule has 0 radical (unpaired) electrons. The number of allylic oxidation sites excluding steroid dienone is 1. The Balaban J connectivity index is 1.17. The van der Waals surface area contributed by atoms with Crippen LogP contribution in [0.5, 0.6) is 0 Å². The van der Waals surface area contributed by atoms with Gasteiger partial charge in [0.25, 0.3) is 0 Å². The summed E-state index contributed by atoms with van der Waals surface area (Å²) in [6, 6.07) is 0. The van der Waals surface area contributed by atoms with Gasteiger partial charge < -0.3 is 187 Å². The van der Waals surface area contributed by atoms with Crippen LogP contribution in [0.2, 0.25) is 0 Å². The van der Waals surface area contributed by atoms with Crippen LogP contribution in [0, 0.1) is 0 Å². The first-order valence-electron chi connectivity index (χ1n) is 41.8. The molecular weight excluding hydrogens is 1590 g/mol. The molecule has 0 aromatic carbocycles. The fourth-order valence-corrected chi connectivity index (χ4v) is 15.8. The number of methoxy groups -OCH3 is 1. The lowest BCUT2D eigenvalue weighted by Crippen LogP contribution is -2.69. The number of hydrogen-bond acceptors (Lipinski definition) is 41. The Kier molecular flexibility index (Phi) is 40.4. The van der Waals surface area contributed by atoms with Crippen LogP contribution in [0.15, 0.2) is 11.6 Å². The molecule has 8 saturated heterocycles. The Morgan fingerprint density at radius 3 is 1.19 bits per heavy atom. The van der Waals surface area contributed by atoms with Crippen molar-refractivity contribution in [2.45, 2.75) is 442 Å². The molecule has 8 rings (SSSR count). The molecule has 119 heavy (non-hydrogen) atoms. The van der Waals surface area contributed by atoms with Crippen molar-refractivity contribution in [1.82, 2.24) is 0 Å². The molecule has 0 aliphatic carbocycles. The van der Waals surface area contributed by atoms with Crippen LogP contribution in [0.25, 0.3) is 0 Å². The minimum atomic E-state index is -2.29. The van der Waals surface area contributed by atoms with Gasteiger partial charge in [-0.25, -0.2) is 4.79 Å². The highest BCUT2D eigenvalue weighted by atomic mass is 16.8. The first kappa shape index (κ1) is 101. The van der Waals surface area contributed by atoms with Crippen LogP contribution in [0.4, 0.5) is 0 Å². The highest BCUT2D eigenvalue weighted by Gasteiger charge is 2.61. The van der Waals surface area contributed by atoms with E-state index >= 15 is 4.79 Å². The summed E-state index contributed by atoms with van der Waals surface area (Å²) < 4.78 is 118. The molecule has 692 valence electrons. The molecule has 8 heterocycles. The van der Waals surface area contributed by atoms with Crippen LogP contribution >= 0.6 is 0 Å². The molecule has 19 N–H and O–H groups in total. The van der Waals surface area contributed by atoms with E-state index in [2.05, 4.69) is 4.74 Å². The quantitative estimate of drug-likeness (QED) is 0.0119. The van der Waals surface area contributed by atoms with Crippen molar-refractivity contribution < 1.29 is 201 Å². The zero-order valence-electron chi connectivity index (χ0n) is 69.3. The second kappa shape index (κ2) is 47.5. The van der Waals surface area contributed by atoms with Gasteiger partial charge >= 0.3 is 17.9 Å². The molecule has 43 atom stereocenters. The standard InChI is InChI=1S/C78H134O41/c1-12-23-40(108-71-58(96)52(90)46(84)33(5)102-71)27-21-18-22-28-44(82)112-69-68(119-77-66(56(94)50(88)43(31-80)111-77)116-74-61(99)64(62(37(9)106-74)113-70(100)32(4)14-3)115-73-60(98)54(92)48(86)35(7)104-73)63(114-72-59(97)53(91)47(85)34(6)103-72)38(10)107-78(69)118-67-57(95)51(89)42(30-79)110-76(67)117-65-55(93)49(87)36(8)105-75(65)109-41(24-13-2)26-20-17-15-16-19-25-39(81)29-45(83)101-11/h14,33-43,46-69,71-81,84-99H,12-13,15-31H2,1-11H3/b32-14+/t33-,34-,35+,36-,37-,38+,39+,40+,41+,42-,43-,46-,47-,48+,49+,50-,51-,52+,53+,54-,55+,56+,57+,58-,59-,60-,61-,62-,63+,64-,65-,66-,67-,68-,69-,71+,72+,73+,74+,75+,76+,77+,78+/m1/s1. The van der Waals surface area contributed by atoms with Gasteiger partial charge in [-0.15, -0.1) is 0 Å². The van der Waals surface area contributed by atoms with E-state index in [4.69, 9.17) is 85.3 Å². The third-order valence-corrected chi connectivity index (χ3v) is 23.3. The van der Waals surface area contributed by atoms with Crippen molar-refractivity contribution >= 4 is 17.9 Å². The predicted molar refractivity (Wildman–Crippen MR) is 400 cm³/mol. The number of unbranched alkanes of at least 4 members (excludes halogenated alkanes) is 6. The largest absolute Gasteiger partial charge is 0.469 e. The summed E-state index contributed by atoms with van der Waals surface area (Å²) >= 11 is 0. The number of ether oxygens (including phenoxy) is 19. The molecule has 0 bridgehead atoms. The van der Waals surface area contributed by atoms with Crippen molar-refractivity contribution in [3.05, 3.63) is 11.6 Å². The van der Waals surface area contributed by atoms with Gasteiger partial charge in [0.1, 0.15) is 146 Å². The first-order chi connectivity index (χ1) is 56.4. The number of carbonyl (C=O) groups excluding carboxylic acids is 3. The summed E-state index contributed by atoms with van der Waals surface area (Å²) in [5.41, 5.74) is 0.0763. The van der Waals surface area contributed by atoms with E-state index in [0.29, 0.717) is 64.2 Å². The average molecular weight is 1730 g/mol. The lowest BCUT2D eigenvalue weighted by Gasteiger charge is -2.52. The third kappa shape index (κ3) is 26.0. The van der Waals surface area contributed by atoms with Crippen molar-refractivity contribution in [2.24, 2.45) is 0 Å². The average Bonchev–Trinajstić information content (AvgIpc) is 0.759. The Labute approximate surface area is 691 Å². The van der Waals surface area contributed by atoms with Gasteiger partial charge in [-0.3, -0.25) is 9.59 Å². The Morgan fingerprint density at radius 1 is 0.345 bits per heavy atom. The lowest BCUT2D eigenvalue weighted by molar-refractivity contribution is -0.415. The summed E-state index contributed by atoms with van der Waals surface area (Å²) in [6.45, 7) is 13.0. The summed E-state index contributed by atoms with van der Waals surface area (Å²) in [5, 5.41) is 214. The maximum Gasteiger partial charge on any atom is 0.333 e. The van der Waals surface area contributed by atoms with Crippen LogP contribution in [0.1, 0.15) is 178 Å². The minimum absolute atomic E-state index is 0.0491. The first-order valence-corrected chi connectivity index (χ1v) is 41.8. The topological polar surface area (TPSA) is 611 Å². The number of carbonyl (C=O) groups is 3. The Hall–Kier alpha value is -3.25. The van der Waals surface area contributed by atoms with Gasteiger partial charge in [0.2, 0.25) is 0 Å². The highest BCUT2D eigenvalue weighted by molar-refractivity contribution is 5.87. The monoisotopic (exact) mass is 1730 g/mol. The number of rotatable bonds is 41. The maximum absolute atomic E-state index is 15.0. The zero-order valence-corrected chi connectivity index (χ0v) is 69.3. The van der Waals surface area contributed by atoms with Gasteiger partial charge in [-0.1, -0.05) is 77.7 Å². The van der Waals surface area contributed by atoms with E-state index in [-0.39, 0.29) is 24.8 Å². The van der Waals surface area contributed by atoms with Gasteiger partial charge in [0.15, 0.2) is 62.5 Å². The summed E-state index contributed by atoms with van der Waals surface area (Å²) in [6.07, 6.45) is -66.2. The Morgan fingerprint density at radius 2 is 0.706 bits per heavy atom. The normalized spacial score (nSPS) is 43.9. The molecule has 0 spiro atoms.